The molecule has 2 aromatic heterocycles. The van der Waals surface area contributed by atoms with Gasteiger partial charge in [0.15, 0.2) is 0 Å². The Labute approximate surface area is 191 Å². The summed E-state index contributed by atoms with van der Waals surface area (Å²) in [4.78, 5) is 9.10. The Morgan fingerprint density at radius 2 is 1.88 bits per heavy atom. The summed E-state index contributed by atoms with van der Waals surface area (Å²) in [5, 5.41) is 18.8. The molecule has 33 heavy (non-hydrogen) atoms. The molecule has 172 valence electrons. The highest BCUT2D eigenvalue weighted by Crippen LogP contribution is 2.69. The molecular weight excluding hydrogens is 426 g/mol. The lowest BCUT2D eigenvalue weighted by atomic mass is 9.66. The molecule has 0 amide bonds. The predicted octanol–water partition coefficient (Wildman–Crippen LogP) is 4.56. The van der Waals surface area contributed by atoms with Gasteiger partial charge in [0, 0.05) is 6.20 Å². The summed E-state index contributed by atoms with van der Waals surface area (Å²) in [7, 11) is 0. The second-order valence-corrected chi connectivity index (χ2v) is 10.2. The summed E-state index contributed by atoms with van der Waals surface area (Å²) >= 11 is 0. The smallest absolute Gasteiger partial charge is 0.232 e. The molecule has 5 rings (SSSR count). The van der Waals surface area contributed by atoms with Gasteiger partial charge in [-0.3, -0.25) is 4.98 Å². The zero-order valence-electron chi connectivity index (χ0n) is 19.1. The summed E-state index contributed by atoms with van der Waals surface area (Å²) in [6.07, 6.45) is 4.95. The van der Waals surface area contributed by atoms with Gasteiger partial charge in [-0.15, -0.1) is 5.10 Å². The lowest BCUT2D eigenvalue weighted by Gasteiger charge is -2.37. The van der Waals surface area contributed by atoms with Crippen molar-refractivity contribution in [3.63, 3.8) is 0 Å². The second kappa shape index (κ2) is 7.25. The van der Waals surface area contributed by atoms with E-state index in [1.807, 2.05) is 0 Å². The SMILES string of the molecule is CC(C)(O)COc1cncc(C23CC[C@@H](c4cc(-c5c(F)cccc5F)nnc42)C3(C)C)n1. The standard InChI is InChI=1S/C25H26F2N4O2/c1-23(2,32)13-33-20-12-28-11-19(29-20)25-9-8-15(24(25,3)4)14-10-18(30-31-22(14)25)21-16(26)6-5-7-17(21)27/h5-7,10-12,15,32H,8-9,13H2,1-4H3/t15-,25?/m0/s1. The number of rotatable bonds is 5. The fourth-order valence-corrected chi connectivity index (χ4v) is 5.63. The Morgan fingerprint density at radius 1 is 1.15 bits per heavy atom. The van der Waals surface area contributed by atoms with Crippen LogP contribution < -0.4 is 4.74 Å². The van der Waals surface area contributed by atoms with Crippen molar-refractivity contribution in [3.8, 4) is 17.1 Å². The van der Waals surface area contributed by atoms with Gasteiger partial charge in [0.25, 0.3) is 0 Å². The third-order valence-corrected chi connectivity index (χ3v) is 7.22. The van der Waals surface area contributed by atoms with E-state index in [1.54, 1.807) is 26.1 Å². The first-order valence-electron chi connectivity index (χ1n) is 11.0. The first-order valence-corrected chi connectivity index (χ1v) is 11.0. The molecule has 2 heterocycles. The van der Waals surface area contributed by atoms with Crippen LogP contribution in [0.5, 0.6) is 5.88 Å². The second-order valence-electron chi connectivity index (χ2n) is 10.2. The van der Waals surface area contributed by atoms with Crippen LogP contribution in [0, 0.1) is 17.0 Å². The van der Waals surface area contributed by atoms with E-state index >= 15 is 0 Å². The van der Waals surface area contributed by atoms with Crippen LogP contribution in [0.4, 0.5) is 8.78 Å². The third kappa shape index (κ3) is 3.22. The fourth-order valence-electron chi connectivity index (χ4n) is 5.63. The van der Waals surface area contributed by atoms with E-state index in [-0.39, 0.29) is 29.2 Å². The molecule has 0 aliphatic heterocycles. The molecule has 1 saturated carbocycles. The number of benzene rings is 1. The molecule has 2 aliphatic rings. The van der Waals surface area contributed by atoms with Gasteiger partial charge in [0.1, 0.15) is 18.2 Å². The monoisotopic (exact) mass is 452 g/mol. The molecule has 1 unspecified atom stereocenters. The summed E-state index contributed by atoms with van der Waals surface area (Å²) in [6, 6.07) is 5.55. The molecule has 0 spiro atoms. The number of aliphatic hydroxyl groups is 1. The highest BCUT2D eigenvalue weighted by atomic mass is 19.1. The van der Waals surface area contributed by atoms with Crippen molar-refractivity contribution in [3.05, 3.63) is 65.2 Å². The van der Waals surface area contributed by atoms with E-state index in [4.69, 9.17) is 9.72 Å². The molecule has 1 N–H and O–H groups in total. The minimum Gasteiger partial charge on any atom is -0.474 e. The van der Waals surface area contributed by atoms with Crippen molar-refractivity contribution < 1.29 is 18.6 Å². The minimum atomic E-state index is -1.00. The molecule has 2 aliphatic carbocycles. The van der Waals surface area contributed by atoms with Gasteiger partial charge in [-0.25, -0.2) is 13.8 Å². The third-order valence-electron chi connectivity index (χ3n) is 7.22. The van der Waals surface area contributed by atoms with E-state index in [1.165, 1.54) is 24.4 Å². The number of fused-ring (bicyclic) bond motifs is 5. The van der Waals surface area contributed by atoms with Crippen molar-refractivity contribution in [2.75, 3.05) is 6.61 Å². The van der Waals surface area contributed by atoms with Gasteiger partial charge in [-0.1, -0.05) is 19.9 Å². The average molecular weight is 453 g/mol. The van der Waals surface area contributed by atoms with Gasteiger partial charge >= 0.3 is 0 Å². The lowest BCUT2D eigenvalue weighted by Crippen LogP contribution is -2.38. The van der Waals surface area contributed by atoms with Crippen LogP contribution in [0.25, 0.3) is 11.3 Å². The van der Waals surface area contributed by atoms with Gasteiger partial charge in [0.2, 0.25) is 5.88 Å². The van der Waals surface area contributed by atoms with E-state index in [2.05, 4.69) is 29.0 Å². The Hall–Kier alpha value is -3.00. The Morgan fingerprint density at radius 3 is 2.58 bits per heavy atom. The number of aromatic nitrogens is 4. The molecular formula is C25H26F2N4O2. The first kappa shape index (κ1) is 21.8. The quantitative estimate of drug-likeness (QED) is 0.611. The van der Waals surface area contributed by atoms with Crippen LogP contribution in [0.2, 0.25) is 0 Å². The average Bonchev–Trinajstić information content (AvgIpc) is 3.13. The molecule has 2 atom stereocenters. The zero-order chi connectivity index (χ0) is 23.6. The maximum absolute atomic E-state index is 14.4. The van der Waals surface area contributed by atoms with Crippen molar-refractivity contribution >= 4 is 0 Å². The number of halogens is 2. The molecule has 6 nitrogen and oxygen atoms in total. The van der Waals surface area contributed by atoms with Gasteiger partial charge in [-0.05, 0) is 61.8 Å². The van der Waals surface area contributed by atoms with Crippen molar-refractivity contribution in [2.24, 2.45) is 5.41 Å². The van der Waals surface area contributed by atoms with Crippen LogP contribution in [0.1, 0.15) is 63.4 Å². The van der Waals surface area contributed by atoms with Gasteiger partial charge in [-0.2, -0.15) is 5.10 Å². The maximum Gasteiger partial charge on any atom is 0.232 e. The lowest BCUT2D eigenvalue weighted by molar-refractivity contribution is 0.0264. The van der Waals surface area contributed by atoms with E-state index in [9.17, 15) is 13.9 Å². The Bertz CT molecular complexity index is 1220. The zero-order valence-corrected chi connectivity index (χ0v) is 19.1. The predicted molar refractivity (Wildman–Crippen MR) is 118 cm³/mol. The molecule has 0 saturated heterocycles. The van der Waals surface area contributed by atoms with Crippen LogP contribution >= 0.6 is 0 Å². The van der Waals surface area contributed by atoms with Crippen LogP contribution in [-0.2, 0) is 5.41 Å². The molecule has 3 aromatic rings. The maximum atomic E-state index is 14.4. The summed E-state index contributed by atoms with van der Waals surface area (Å²) in [6.45, 7) is 7.74. The van der Waals surface area contributed by atoms with E-state index in [0.717, 1.165) is 29.8 Å². The number of hydrogen-bond acceptors (Lipinski definition) is 6. The van der Waals surface area contributed by atoms with Crippen LogP contribution in [-0.4, -0.2) is 37.5 Å². The van der Waals surface area contributed by atoms with Crippen LogP contribution in [0.3, 0.4) is 0 Å². The number of nitrogens with zero attached hydrogens (tertiary/aromatic N) is 4. The Balaban J connectivity index is 1.61. The topological polar surface area (TPSA) is 81.0 Å². The van der Waals surface area contributed by atoms with E-state index in [0.29, 0.717) is 5.88 Å². The van der Waals surface area contributed by atoms with Gasteiger partial charge in [0.05, 0.1) is 39.9 Å². The summed E-state index contributed by atoms with van der Waals surface area (Å²) in [5.74, 6) is -0.859. The Kier molecular flexibility index (Phi) is 4.79. The van der Waals surface area contributed by atoms with Crippen molar-refractivity contribution in [1.82, 2.24) is 20.2 Å². The molecule has 1 fully saturated rings. The van der Waals surface area contributed by atoms with E-state index < -0.39 is 22.7 Å². The van der Waals surface area contributed by atoms with Gasteiger partial charge < -0.3 is 9.84 Å². The van der Waals surface area contributed by atoms with Crippen LogP contribution in [0.15, 0.2) is 36.7 Å². The minimum absolute atomic E-state index is 0.0815. The highest BCUT2D eigenvalue weighted by molar-refractivity contribution is 5.64. The van der Waals surface area contributed by atoms with Crippen molar-refractivity contribution in [1.29, 1.82) is 0 Å². The number of hydrogen-bond donors (Lipinski definition) is 1. The largest absolute Gasteiger partial charge is 0.474 e. The molecule has 8 heteroatoms. The first-order chi connectivity index (χ1) is 15.5. The molecule has 1 aromatic carbocycles. The normalized spacial score (nSPS) is 22.9. The fraction of sp³-hybridized carbons (Fsp3) is 0.440. The summed E-state index contributed by atoms with van der Waals surface area (Å²) in [5.41, 5.74) is 0.661. The number of ether oxygens (including phenoxy) is 1. The van der Waals surface area contributed by atoms with Crippen molar-refractivity contribution in [2.45, 2.75) is 57.5 Å². The highest BCUT2D eigenvalue weighted by Gasteiger charge is 2.65. The molecule has 0 radical (unpaired) electrons. The summed E-state index contributed by atoms with van der Waals surface area (Å²) < 4.78 is 34.5. The molecule has 2 bridgehead atoms.